The lowest BCUT2D eigenvalue weighted by Crippen LogP contribution is -2.28. The van der Waals surface area contributed by atoms with Crippen molar-refractivity contribution in [2.45, 2.75) is 59.0 Å². The summed E-state index contributed by atoms with van der Waals surface area (Å²) in [5.41, 5.74) is 0.436. The molecule has 1 heterocycles. The van der Waals surface area contributed by atoms with Gasteiger partial charge in [0.2, 0.25) is 0 Å². The van der Waals surface area contributed by atoms with E-state index in [1.54, 1.807) is 0 Å². The van der Waals surface area contributed by atoms with E-state index in [0.29, 0.717) is 5.41 Å². The molecular formula is C14H25N3. The van der Waals surface area contributed by atoms with Gasteiger partial charge >= 0.3 is 0 Å². The second kappa shape index (κ2) is 5.21. The lowest BCUT2D eigenvalue weighted by atomic mass is 9.84. The van der Waals surface area contributed by atoms with Crippen LogP contribution in [0, 0.1) is 5.41 Å². The average Bonchev–Trinajstić information content (AvgIpc) is 2.87. The third-order valence-corrected chi connectivity index (χ3v) is 4.06. The van der Waals surface area contributed by atoms with Crippen LogP contribution in [0.2, 0.25) is 0 Å². The highest BCUT2D eigenvalue weighted by Crippen LogP contribution is 2.40. The Labute approximate surface area is 105 Å². The second-order valence-corrected chi connectivity index (χ2v) is 5.61. The molecule has 1 aromatic rings. The summed E-state index contributed by atoms with van der Waals surface area (Å²) in [6, 6.07) is 0.718. The van der Waals surface area contributed by atoms with Crippen LogP contribution in [0.15, 0.2) is 12.4 Å². The fourth-order valence-electron chi connectivity index (χ4n) is 3.12. The van der Waals surface area contributed by atoms with Gasteiger partial charge in [-0.3, -0.25) is 0 Å². The van der Waals surface area contributed by atoms with Gasteiger partial charge in [-0.1, -0.05) is 13.8 Å². The number of aromatic nitrogens is 2. The Morgan fingerprint density at radius 3 is 3.06 bits per heavy atom. The predicted molar refractivity (Wildman–Crippen MR) is 71.0 cm³/mol. The van der Waals surface area contributed by atoms with E-state index in [9.17, 15) is 0 Å². The number of nitrogens with one attached hydrogen (secondary N) is 1. The Hall–Kier alpha value is -0.830. The molecule has 96 valence electrons. The molecule has 0 aliphatic heterocycles. The number of nitrogens with zero attached hydrogens (tertiary/aromatic N) is 2. The van der Waals surface area contributed by atoms with Gasteiger partial charge < -0.3 is 9.88 Å². The summed E-state index contributed by atoms with van der Waals surface area (Å²) in [6.07, 6.45) is 9.07. The maximum absolute atomic E-state index is 4.51. The van der Waals surface area contributed by atoms with Gasteiger partial charge in [-0.2, -0.15) is 0 Å². The summed E-state index contributed by atoms with van der Waals surface area (Å²) in [5.74, 6) is 1.26. The largest absolute Gasteiger partial charge is 0.335 e. The number of aryl methyl sites for hydroxylation is 1. The van der Waals surface area contributed by atoms with E-state index < -0.39 is 0 Å². The lowest BCUT2D eigenvalue weighted by molar-refractivity contribution is 0.311. The Morgan fingerprint density at radius 1 is 1.53 bits per heavy atom. The van der Waals surface area contributed by atoms with Crippen molar-refractivity contribution < 1.29 is 0 Å². The zero-order valence-electron chi connectivity index (χ0n) is 11.4. The van der Waals surface area contributed by atoms with Crippen LogP contribution >= 0.6 is 0 Å². The molecule has 1 aliphatic carbocycles. The molecule has 3 heteroatoms. The first-order valence-corrected chi connectivity index (χ1v) is 6.90. The summed E-state index contributed by atoms with van der Waals surface area (Å²) in [5, 5.41) is 3.58. The van der Waals surface area contributed by atoms with Gasteiger partial charge in [0.05, 0.1) is 0 Å². The number of imidazole rings is 1. The highest BCUT2D eigenvalue weighted by atomic mass is 15.1. The maximum Gasteiger partial charge on any atom is 0.109 e. The molecular weight excluding hydrogens is 210 g/mol. The predicted octanol–water partition coefficient (Wildman–Crippen LogP) is 2.61. The molecule has 0 bridgehead atoms. The molecule has 2 rings (SSSR count). The monoisotopic (exact) mass is 235 g/mol. The minimum atomic E-state index is 0.436. The standard InChI is InChI=1S/C14H25N3/c1-4-15-12-6-7-14(3,10-12)11-13-16-8-9-17(13)5-2/h8-9,12,15H,4-7,10-11H2,1-3H3. The fourth-order valence-corrected chi connectivity index (χ4v) is 3.12. The Balaban J connectivity index is 1.99. The maximum atomic E-state index is 4.51. The van der Waals surface area contributed by atoms with Crippen LogP contribution in [0.4, 0.5) is 0 Å². The molecule has 0 spiro atoms. The molecule has 0 aromatic carbocycles. The van der Waals surface area contributed by atoms with Crippen molar-refractivity contribution in [3.8, 4) is 0 Å². The van der Waals surface area contributed by atoms with E-state index in [1.807, 2.05) is 6.20 Å². The van der Waals surface area contributed by atoms with Crippen LogP contribution in [0.25, 0.3) is 0 Å². The molecule has 1 aliphatic rings. The molecule has 1 aromatic heterocycles. The van der Waals surface area contributed by atoms with Gasteiger partial charge in [0.1, 0.15) is 5.82 Å². The molecule has 3 nitrogen and oxygen atoms in total. The summed E-state index contributed by atoms with van der Waals surface area (Å²) in [7, 11) is 0. The first-order chi connectivity index (χ1) is 8.17. The topological polar surface area (TPSA) is 29.9 Å². The summed E-state index contributed by atoms with van der Waals surface area (Å²) < 4.78 is 2.27. The van der Waals surface area contributed by atoms with Crippen molar-refractivity contribution in [1.82, 2.24) is 14.9 Å². The van der Waals surface area contributed by atoms with Gasteiger partial charge in [-0.25, -0.2) is 4.98 Å². The summed E-state index contributed by atoms with van der Waals surface area (Å²) >= 11 is 0. The fraction of sp³-hybridized carbons (Fsp3) is 0.786. The van der Waals surface area contributed by atoms with Crippen molar-refractivity contribution in [3.05, 3.63) is 18.2 Å². The van der Waals surface area contributed by atoms with Crippen molar-refractivity contribution in [3.63, 3.8) is 0 Å². The molecule has 2 atom stereocenters. The second-order valence-electron chi connectivity index (χ2n) is 5.61. The van der Waals surface area contributed by atoms with Gasteiger partial charge in [-0.15, -0.1) is 0 Å². The Bertz CT molecular complexity index is 358. The van der Waals surface area contributed by atoms with Crippen LogP contribution in [0.5, 0.6) is 0 Å². The van der Waals surface area contributed by atoms with Crippen molar-refractivity contribution in [2.24, 2.45) is 5.41 Å². The normalized spacial score (nSPS) is 28.8. The summed E-state index contributed by atoms with van der Waals surface area (Å²) in [6.45, 7) is 8.91. The third kappa shape index (κ3) is 2.89. The zero-order chi connectivity index (χ0) is 12.3. The molecule has 0 saturated heterocycles. The molecule has 1 saturated carbocycles. The highest BCUT2D eigenvalue weighted by molar-refractivity contribution is 5.00. The van der Waals surface area contributed by atoms with Crippen LogP contribution in [0.3, 0.4) is 0 Å². The van der Waals surface area contributed by atoms with Crippen LogP contribution in [0.1, 0.15) is 45.9 Å². The minimum Gasteiger partial charge on any atom is -0.335 e. The quantitative estimate of drug-likeness (QED) is 0.850. The van der Waals surface area contributed by atoms with Crippen LogP contribution in [-0.4, -0.2) is 22.1 Å². The van der Waals surface area contributed by atoms with E-state index >= 15 is 0 Å². The van der Waals surface area contributed by atoms with E-state index in [4.69, 9.17) is 0 Å². The minimum absolute atomic E-state index is 0.436. The van der Waals surface area contributed by atoms with Crippen molar-refractivity contribution in [1.29, 1.82) is 0 Å². The van der Waals surface area contributed by atoms with Crippen molar-refractivity contribution in [2.75, 3.05) is 6.54 Å². The molecule has 0 amide bonds. The molecule has 1 fully saturated rings. The van der Waals surface area contributed by atoms with E-state index in [0.717, 1.165) is 25.6 Å². The van der Waals surface area contributed by atoms with E-state index in [1.165, 1.54) is 25.1 Å². The average molecular weight is 235 g/mol. The number of hydrogen-bond acceptors (Lipinski definition) is 2. The smallest absolute Gasteiger partial charge is 0.109 e. The zero-order valence-corrected chi connectivity index (χ0v) is 11.4. The van der Waals surface area contributed by atoms with Crippen molar-refractivity contribution >= 4 is 0 Å². The van der Waals surface area contributed by atoms with E-state index in [-0.39, 0.29) is 0 Å². The van der Waals surface area contributed by atoms with Gasteiger partial charge in [0, 0.05) is 31.4 Å². The Morgan fingerprint density at radius 2 is 2.35 bits per heavy atom. The molecule has 0 radical (unpaired) electrons. The van der Waals surface area contributed by atoms with Gasteiger partial charge in [-0.05, 0) is 38.1 Å². The van der Waals surface area contributed by atoms with Crippen LogP contribution < -0.4 is 5.32 Å². The SMILES string of the molecule is CCNC1CCC(C)(Cc2nccn2CC)C1. The molecule has 2 unspecified atom stereocenters. The third-order valence-electron chi connectivity index (χ3n) is 4.06. The Kier molecular flexibility index (Phi) is 3.87. The van der Waals surface area contributed by atoms with E-state index in [2.05, 4.69) is 41.8 Å². The molecule has 1 N–H and O–H groups in total. The molecule has 17 heavy (non-hydrogen) atoms. The lowest BCUT2D eigenvalue weighted by Gasteiger charge is -2.24. The summed E-state index contributed by atoms with van der Waals surface area (Å²) in [4.78, 5) is 4.51. The number of hydrogen-bond donors (Lipinski definition) is 1. The number of rotatable bonds is 5. The first-order valence-electron chi connectivity index (χ1n) is 6.90. The van der Waals surface area contributed by atoms with Gasteiger partial charge in [0.15, 0.2) is 0 Å². The highest BCUT2D eigenvalue weighted by Gasteiger charge is 2.35. The van der Waals surface area contributed by atoms with Gasteiger partial charge in [0.25, 0.3) is 0 Å². The van der Waals surface area contributed by atoms with Crippen LogP contribution in [-0.2, 0) is 13.0 Å². The first kappa shape index (κ1) is 12.6.